The number of ether oxygens (including phenoxy) is 3. The highest BCUT2D eigenvalue weighted by Gasteiger charge is 2.48. The Balaban J connectivity index is 1.49. The first-order valence-corrected chi connectivity index (χ1v) is 14.2. The Bertz CT molecular complexity index is 1380. The molecule has 0 aliphatic carbocycles. The zero-order valence-corrected chi connectivity index (χ0v) is 24.4. The number of likely N-dealkylation sites (tertiary alicyclic amines) is 1. The van der Waals surface area contributed by atoms with Crippen molar-refractivity contribution in [3.63, 3.8) is 0 Å². The van der Waals surface area contributed by atoms with Crippen LogP contribution in [0.1, 0.15) is 48.1 Å². The van der Waals surface area contributed by atoms with E-state index in [1.807, 2.05) is 59.5 Å². The second-order valence-corrected chi connectivity index (χ2v) is 11.0. The first kappa shape index (κ1) is 28.0. The molecule has 2 N–H and O–H groups in total. The van der Waals surface area contributed by atoms with Gasteiger partial charge in [0.1, 0.15) is 5.75 Å². The van der Waals surface area contributed by atoms with Gasteiger partial charge in [-0.15, -0.1) is 0 Å². The maximum absolute atomic E-state index is 13.6. The van der Waals surface area contributed by atoms with Crippen molar-refractivity contribution in [1.82, 2.24) is 4.90 Å². The normalized spacial score (nSPS) is 19.9. The monoisotopic (exact) mass is 608 g/mol. The van der Waals surface area contributed by atoms with Gasteiger partial charge in [0, 0.05) is 28.7 Å². The lowest BCUT2D eigenvalue weighted by atomic mass is 9.82. The Morgan fingerprint density at radius 2 is 1.65 bits per heavy atom. The molecule has 2 heterocycles. The highest BCUT2D eigenvalue weighted by atomic mass is 79.9. The number of anilines is 1. The molecule has 8 nitrogen and oxygen atoms in total. The number of carbonyl (C=O) groups is 2. The minimum atomic E-state index is -0.916. The first-order chi connectivity index (χ1) is 19.3. The van der Waals surface area contributed by atoms with Crippen molar-refractivity contribution >= 4 is 33.5 Å². The van der Waals surface area contributed by atoms with Gasteiger partial charge in [-0.1, -0.05) is 48.0 Å². The Labute approximate surface area is 242 Å². The van der Waals surface area contributed by atoms with E-state index in [-0.39, 0.29) is 25.2 Å². The van der Waals surface area contributed by atoms with Crippen molar-refractivity contribution in [3.8, 4) is 17.2 Å². The number of aliphatic carboxylic acids is 1. The van der Waals surface area contributed by atoms with Crippen LogP contribution in [-0.2, 0) is 22.4 Å². The minimum absolute atomic E-state index is 0.0455. The van der Waals surface area contributed by atoms with Crippen LogP contribution in [0.15, 0.2) is 59.1 Å². The van der Waals surface area contributed by atoms with Gasteiger partial charge in [-0.3, -0.25) is 14.5 Å². The third-order valence-corrected chi connectivity index (χ3v) is 8.26. The van der Waals surface area contributed by atoms with Gasteiger partial charge in [0.15, 0.2) is 11.5 Å². The molecule has 0 aromatic heterocycles. The van der Waals surface area contributed by atoms with Crippen LogP contribution in [0.4, 0.5) is 5.69 Å². The average Bonchev–Trinajstić information content (AvgIpc) is 3.58. The Morgan fingerprint density at radius 3 is 2.27 bits per heavy atom. The predicted molar refractivity (Wildman–Crippen MR) is 155 cm³/mol. The van der Waals surface area contributed by atoms with E-state index in [2.05, 4.69) is 35.1 Å². The second kappa shape index (κ2) is 11.9. The smallest absolute Gasteiger partial charge is 0.309 e. The number of amides is 1. The highest BCUT2D eigenvalue weighted by Crippen LogP contribution is 2.47. The van der Waals surface area contributed by atoms with E-state index >= 15 is 0 Å². The summed E-state index contributed by atoms with van der Waals surface area (Å²) in [5, 5.41) is 13.7. The third-order valence-electron chi connectivity index (χ3n) is 7.80. The van der Waals surface area contributed by atoms with Gasteiger partial charge in [0.25, 0.3) is 0 Å². The maximum Gasteiger partial charge on any atom is 0.309 e. The lowest BCUT2D eigenvalue weighted by Crippen LogP contribution is -2.35. The van der Waals surface area contributed by atoms with Crippen LogP contribution in [0.2, 0.25) is 0 Å². The zero-order chi connectivity index (χ0) is 28.4. The fourth-order valence-electron chi connectivity index (χ4n) is 5.88. The highest BCUT2D eigenvalue weighted by molar-refractivity contribution is 9.10. The van der Waals surface area contributed by atoms with E-state index in [1.165, 1.54) is 0 Å². The quantitative estimate of drug-likeness (QED) is 0.317. The van der Waals surface area contributed by atoms with Crippen LogP contribution in [0.3, 0.4) is 0 Å². The number of carboxylic acids is 1. The summed E-state index contributed by atoms with van der Waals surface area (Å²) in [6.45, 7) is 4.70. The van der Waals surface area contributed by atoms with Gasteiger partial charge in [0.2, 0.25) is 12.7 Å². The van der Waals surface area contributed by atoms with Crippen LogP contribution in [0.5, 0.6) is 17.2 Å². The standard InChI is InChI=1S/C31H33BrN2O6/c1-4-18-12-22(32)13-19(5-2)29(18)33-27(35)16-34-15-24(21-8-11-25-26(14-21)40-17-39-25)28(31(36)37)30(34)20-6-9-23(38-3)10-7-20/h6-14,24,28,30H,4-5,15-17H2,1-3H3,(H,33,35)(H,36,37). The van der Waals surface area contributed by atoms with Crippen molar-refractivity contribution in [2.24, 2.45) is 5.92 Å². The van der Waals surface area contributed by atoms with Crippen LogP contribution >= 0.6 is 15.9 Å². The summed E-state index contributed by atoms with van der Waals surface area (Å²) in [5.41, 5.74) is 4.59. The number of hydrogen-bond donors (Lipinski definition) is 2. The van der Waals surface area contributed by atoms with Crippen LogP contribution in [-0.4, -0.2) is 48.9 Å². The number of aryl methyl sites for hydroxylation is 2. The molecule has 0 spiro atoms. The summed E-state index contributed by atoms with van der Waals surface area (Å²) >= 11 is 3.58. The lowest BCUT2D eigenvalue weighted by Gasteiger charge is -2.27. The Kier molecular flexibility index (Phi) is 8.32. The van der Waals surface area contributed by atoms with Crippen molar-refractivity contribution in [2.45, 2.75) is 38.6 Å². The molecule has 210 valence electrons. The molecule has 0 radical (unpaired) electrons. The number of halogens is 1. The molecule has 0 saturated carbocycles. The number of nitrogens with zero attached hydrogens (tertiary/aromatic N) is 1. The Hall–Kier alpha value is -3.56. The number of carboxylic acid groups (broad SMARTS) is 1. The fraction of sp³-hybridized carbons (Fsp3) is 0.355. The second-order valence-electron chi connectivity index (χ2n) is 10.1. The molecule has 1 fully saturated rings. The number of carbonyl (C=O) groups excluding carboxylic acids is 1. The maximum atomic E-state index is 13.6. The Morgan fingerprint density at radius 1 is 1.00 bits per heavy atom. The molecule has 3 aromatic rings. The molecule has 5 rings (SSSR count). The van der Waals surface area contributed by atoms with Crippen molar-refractivity contribution in [3.05, 3.63) is 81.3 Å². The number of methoxy groups -OCH3 is 1. The summed E-state index contributed by atoms with van der Waals surface area (Å²) < 4.78 is 17.3. The molecule has 40 heavy (non-hydrogen) atoms. The van der Waals surface area contributed by atoms with E-state index in [0.717, 1.165) is 45.3 Å². The number of benzene rings is 3. The molecule has 2 aliphatic heterocycles. The molecular formula is C31H33BrN2O6. The largest absolute Gasteiger partial charge is 0.497 e. The van der Waals surface area contributed by atoms with Crippen LogP contribution in [0, 0.1) is 5.92 Å². The molecule has 3 atom stereocenters. The van der Waals surface area contributed by atoms with Crippen LogP contribution in [0.25, 0.3) is 0 Å². The molecule has 0 bridgehead atoms. The molecule has 2 aliphatic rings. The molecular weight excluding hydrogens is 576 g/mol. The predicted octanol–water partition coefficient (Wildman–Crippen LogP) is 5.79. The number of fused-ring (bicyclic) bond motifs is 1. The summed E-state index contributed by atoms with van der Waals surface area (Å²) in [5.74, 6) is -0.317. The number of hydrogen-bond acceptors (Lipinski definition) is 6. The van der Waals surface area contributed by atoms with E-state index in [0.29, 0.717) is 23.8 Å². The van der Waals surface area contributed by atoms with E-state index in [1.54, 1.807) is 7.11 Å². The molecule has 1 saturated heterocycles. The van der Waals surface area contributed by atoms with Crippen LogP contribution < -0.4 is 19.5 Å². The van der Waals surface area contributed by atoms with Gasteiger partial charge >= 0.3 is 5.97 Å². The van der Waals surface area contributed by atoms with E-state index < -0.39 is 17.9 Å². The summed E-state index contributed by atoms with van der Waals surface area (Å²) in [7, 11) is 1.59. The lowest BCUT2D eigenvalue weighted by molar-refractivity contribution is -0.143. The van der Waals surface area contributed by atoms with Gasteiger partial charge in [-0.25, -0.2) is 0 Å². The number of nitrogens with one attached hydrogen (secondary N) is 1. The molecule has 3 aromatic carbocycles. The van der Waals surface area contributed by atoms with Gasteiger partial charge in [-0.05, 0) is 71.5 Å². The minimum Gasteiger partial charge on any atom is -0.497 e. The molecule has 1 amide bonds. The third kappa shape index (κ3) is 5.53. The summed E-state index contributed by atoms with van der Waals surface area (Å²) in [6, 6.07) is 16.5. The fourth-order valence-corrected chi connectivity index (χ4v) is 6.43. The SMILES string of the molecule is CCc1cc(Br)cc(CC)c1NC(=O)CN1CC(c2ccc3c(c2)OCO3)C(C(=O)O)C1c1ccc(OC)cc1. The van der Waals surface area contributed by atoms with Gasteiger partial charge in [0.05, 0.1) is 19.6 Å². The topological polar surface area (TPSA) is 97.3 Å². The summed E-state index contributed by atoms with van der Waals surface area (Å²) in [6.07, 6.45) is 1.54. The molecule has 3 unspecified atom stereocenters. The molecule has 9 heteroatoms. The summed E-state index contributed by atoms with van der Waals surface area (Å²) in [4.78, 5) is 28.4. The van der Waals surface area contributed by atoms with Crippen molar-refractivity contribution in [2.75, 3.05) is 32.3 Å². The van der Waals surface area contributed by atoms with E-state index in [9.17, 15) is 14.7 Å². The van der Waals surface area contributed by atoms with Gasteiger partial charge < -0.3 is 24.6 Å². The zero-order valence-electron chi connectivity index (χ0n) is 22.8. The van der Waals surface area contributed by atoms with Crippen molar-refractivity contribution < 1.29 is 28.9 Å². The number of rotatable bonds is 9. The first-order valence-electron chi connectivity index (χ1n) is 13.4. The van der Waals surface area contributed by atoms with Crippen molar-refractivity contribution in [1.29, 1.82) is 0 Å². The average molecular weight is 610 g/mol. The van der Waals surface area contributed by atoms with E-state index in [4.69, 9.17) is 14.2 Å². The van der Waals surface area contributed by atoms with Gasteiger partial charge in [-0.2, -0.15) is 0 Å².